The molecule has 1 saturated heterocycles. The van der Waals surface area contributed by atoms with Crippen LogP contribution >= 0.6 is 0 Å². The van der Waals surface area contributed by atoms with E-state index in [1.165, 1.54) is 0 Å². The molecule has 1 fully saturated rings. The molecule has 2 atom stereocenters. The molecule has 1 aromatic carbocycles. The van der Waals surface area contributed by atoms with Crippen molar-refractivity contribution in [1.29, 1.82) is 0 Å². The summed E-state index contributed by atoms with van der Waals surface area (Å²) in [5.41, 5.74) is 0.752. The maximum atomic E-state index is 13.0. The summed E-state index contributed by atoms with van der Waals surface area (Å²) in [6.45, 7) is 1.29. The average molecular weight is 536 g/mol. The van der Waals surface area contributed by atoms with Crippen LogP contribution < -0.4 is 15.7 Å². The van der Waals surface area contributed by atoms with E-state index < -0.39 is 30.1 Å². The summed E-state index contributed by atoms with van der Waals surface area (Å²) in [6, 6.07) is 6.37. The first-order valence-corrected chi connectivity index (χ1v) is 14.7. The van der Waals surface area contributed by atoms with Crippen molar-refractivity contribution in [3.8, 4) is 0 Å². The number of hydrogen-bond acceptors (Lipinski definition) is 7. The van der Waals surface area contributed by atoms with Crippen LogP contribution in [0.1, 0.15) is 50.5 Å². The Morgan fingerprint density at radius 2 is 1.59 bits per heavy atom. The van der Waals surface area contributed by atoms with Gasteiger partial charge >= 0.3 is 6.09 Å². The average Bonchev–Trinajstić information content (AvgIpc) is 2.87. The fourth-order valence-electron chi connectivity index (χ4n) is 3.97. The van der Waals surface area contributed by atoms with E-state index in [1.54, 1.807) is 29.2 Å². The Hall–Kier alpha value is -3.08. The van der Waals surface area contributed by atoms with Gasteiger partial charge in [0.25, 0.3) is 0 Å². The van der Waals surface area contributed by atoms with Gasteiger partial charge in [0.05, 0.1) is 24.5 Å². The monoisotopic (exact) mass is 535 g/mol. The van der Waals surface area contributed by atoms with Crippen molar-refractivity contribution >= 4 is 40.6 Å². The summed E-state index contributed by atoms with van der Waals surface area (Å²) < 4.78 is 5.20. The SMILES string of the molecule is C[S+](C)CC(=O)CCC(NC(=O)C(CCC(=O)N1CCCCC1)NC(=O)OCc1ccccc1)C(=O)[O-]. The molecule has 1 aliphatic rings. The molecule has 1 aliphatic heterocycles. The van der Waals surface area contributed by atoms with Crippen LogP contribution in [0.3, 0.4) is 0 Å². The lowest BCUT2D eigenvalue weighted by Gasteiger charge is -2.28. The van der Waals surface area contributed by atoms with E-state index in [1.807, 2.05) is 18.6 Å². The molecular formula is C26H37N3O7S. The predicted molar refractivity (Wildman–Crippen MR) is 138 cm³/mol. The first-order valence-electron chi connectivity index (χ1n) is 12.5. The lowest BCUT2D eigenvalue weighted by atomic mass is 10.1. The third-order valence-corrected chi connectivity index (χ3v) is 6.84. The van der Waals surface area contributed by atoms with E-state index in [2.05, 4.69) is 10.6 Å². The van der Waals surface area contributed by atoms with Gasteiger partial charge in [-0.2, -0.15) is 0 Å². The molecule has 0 aliphatic carbocycles. The number of rotatable bonds is 14. The normalized spacial score (nSPS) is 14.9. The molecule has 2 unspecified atom stereocenters. The van der Waals surface area contributed by atoms with Gasteiger partial charge in [-0.05, 0) is 48.6 Å². The van der Waals surface area contributed by atoms with Gasteiger partial charge in [0.15, 0.2) is 11.5 Å². The molecular weight excluding hydrogens is 498 g/mol. The number of carbonyl (C=O) groups is 5. The van der Waals surface area contributed by atoms with Crippen LogP contribution in [0.2, 0.25) is 0 Å². The number of nitrogens with zero attached hydrogens (tertiary/aromatic N) is 1. The summed E-state index contributed by atoms with van der Waals surface area (Å²) in [5.74, 6) is -2.20. The second-order valence-electron chi connectivity index (χ2n) is 9.33. The zero-order valence-electron chi connectivity index (χ0n) is 21.5. The first kappa shape index (κ1) is 30.1. The van der Waals surface area contributed by atoms with Gasteiger partial charge in [-0.25, -0.2) is 4.79 Å². The zero-order chi connectivity index (χ0) is 27.2. The topological polar surface area (TPSA) is 145 Å². The van der Waals surface area contributed by atoms with Crippen molar-refractivity contribution in [2.75, 3.05) is 31.4 Å². The van der Waals surface area contributed by atoms with E-state index in [0.29, 0.717) is 18.8 Å². The molecule has 204 valence electrons. The molecule has 2 N–H and O–H groups in total. The minimum atomic E-state index is -1.53. The van der Waals surface area contributed by atoms with E-state index in [0.717, 1.165) is 24.8 Å². The van der Waals surface area contributed by atoms with Crippen molar-refractivity contribution in [2.45, 2.75) is 63.6 Å². The van der Waals surface area contributed by atoms with Crippen LogP contribution in [0, 0.1) is 0 Å². The van der Waals surface area contributed by atoms with Crippen LogP contribution in [-0.2, 0) is 41.4 Å². The van der Waals surface area contributed by atoms with Crippen LogP contribution in [0.15, 0.2) is 30.3 Å². The largest absolute Gasteiger partial charge is 0.548 e. The third kappa shape index (κ3) is 11.7. The highest BCUT2D eigenvalue weighted by atomic mass is 32.2. The molecule has 0 saturated carbocycles. The fourth-order valence-corrected chi connectivity index (χ4v) is 4.75. The van der Waals surface area contributed by atoms with Crippen molar-refractivity contribution in [2.24, 2.45) is 0 Å². The summed E-state index contributed by atoms with van der Waals surface area (Å²) in [6.07, 6.45) is 5.68. The van der Waals surface area contributed by atoms with Gasteiger partial charge in [0.2, 0.25) is 11.8 Å². The molecule has 10 nitrogen and oxygen atoms in total. The summed E-state index contributed by atoms with van der Waals surface area (Å²) in [4.78, 5) is 63.5. The fraction of sp³-hybridized carbons (Fsp3) is 0.577. The highest BCUT2D eigenvalue weighted by Crippen LogP contribution is 2.12. The van der Waals surface area contributed by atoms with Gasteiger partial charge in [-0.1, -0.05) is 30.3 Å². The van der Waals surface area contributed by atoms with Crippen molar-refractivity contribution < 1.29 is 33.8 Å². The number of hydrogen-bond donors (Lipinski definition) is 2. The van der Waals surface area contributed by atoms with E-state index in [4.69, 9.17) is 4.74 Å². The van der Waals surface area contributed by atoms with Gasteiger partial charge < -0.3 is 30.2 Å². The number of likely N-dealkylation sites (tertiary alicyclic amines) is 1. The number of ether oxygens (including phenoxy) is 1. The molecule has 1 heterocycles. The smallest absolute Gasteiger partial charge is 0.408 e. The second-order valence-corrected chi connectivity index (χ2v) is 11.6. The minimum Gasteiger partial charge on any atom is -0.548 e. The predicted octanol–water partition coefficient (Wildman–Crippen LogP) is 0.536. The molecule has 37 heavy (non-hydrogen) atoms. The summed E-state index contributed by atoms with van der Waals surface area (Å²) >= 11 is 0. The number of carbonyl (C=O) groups excluding carboxylic acids is 5. The maximum absolute atomic E-state index is 13.0. The molecule has 0 aromatic heterocycles. The Bertz CT molecular complexity index is 920. The van der Waals surface area contributed by atoms with E-state index in [-0.39, 0.29) is 54.9 Å². The molecule has 11 heteroatoms. The number of nitrogens with one attached hydrogen (secondary N) is 2. The van der Waals surface area contributed by atoms with E-state index in [9.17, 15) is 29.1 Å². The van der Waals surface area contributed by atoms with Crippen LogP contribution in [0.5, 0.6) is 0 Å². The van der Waals surface area contributed by atoms with Crippen LogP contribution in [-0.4, -0.2) is 78.0 Å². The number of carboxylic acid groups (broad SMARTS) is 1. The zero-order valence-corrected chi connectivity index (χ0v) is 22.3. The number of amides is 3. The molecule has 1 aromatic rings. The number of carboxylic acids is 1. The third-order valence-electron chi connectivity index (χ3n) is 5.94. The number of piperidine rings is 1. The Labute approximate surface area is 220 Å². The quantitative estimate of drug-likeness (QED) is 0.331. The van der Waals surface area contributed by atoms with Crippen LogP contribution in [0.25, 0.3) is 0 Å². The lowest BCUT2D eigenvalue weighted by molar-refractivity contribution is -0.308. The molecule has 0 bridgehead atoms. The summed E-state index contributed by atoms with van der Waals surface area (Å²) in [5, 5.41) is 16.5. The Balaban J connectivity index is 2.01. The lowest BCUT2D eigenvalue weighted by Crippen LogP contribution is -2.54. The van der Waals surface area contributed by atoms with E-state index >= 15 is 0 Å². The number of ketones is 1. The Kier molecular flexibility index (Phi) is 13.0. The number of aliphatic carboxylic acids is 1. The highest BCUT2D eigenvalue weighted by molar-refractivity contribution is 7.96. The standard InChI is InChI=1S/C26H37N3O7S/c1-37(2)18-20(30)11-12-22(25(33)34)27-24(32)21(13-14-23(31)29-15-7-4-8-16-29)28-26(35)36-17-19-9-5-3-6-10-19/h3,5-6,9-10,21-22H,4,7-8,11-18H2,1-2H3,(H2-,27,28,32,33,34,35). The maximum Gasteiger partial charge on any atom is 0.408 e. The minimum absolute atomic E-state index is 0.000833. The second kappa shape index (κ2) is 15.9. The highest BCUT2D eigenvalue weighted by Gasteiger charge is 2.27. The molecule has 0 spiro atoms. The first-order chi connectivity index (χ1) is 17.7. The Morgan fingerprint density at radius 1 is 0.946 bits per heavy atom. The molecule has 0 radical (unpaired) electrons. The molecule has 2 rings (SSSR count). The van der Waals surface area contributed by atoms with Gasteiger partial charge in [0, 0.05) is 25.9 Å². The number of Topliss-reactive ketones (excluding diaryl/α,β-unsaturated/α-hetero) is 1. The van der Waals surface area contributed by atoms with Crippen molar-refractivity contribution in [3.63, 3.8) is 0 Å². The Morgan fingerprint density at radius 3 is 2.22 bits per heavy atom. The van der Waals surface area contributed by atoms with Crippen molar-refractivity contribution in [1.82, 2.24) is 15.5 Å². The summed E-state index contributed by atoms with van der Waals surface area (Å²) in [7, 11) is -0.119. The van der Waals surface area contributed by atoms with Gasteiger partial charge in [0.1, 0.15) is 12.6 Å². The number of alkyl carbamates (subject to hydrolysis) is 1. The number of benzene rings is 1. The van der Waals surface area contributed by atoms with Gasteiger partial charge in [-0.3, -0.25) is 14.4 Å². The van der Waals surface area contributed by atoms with Gasteiger partial charge in [-0.15, -0.1) is 0 Å². The van der Waals surface area contributed by atoms with Crippen LogP contribution in [0.4, 0.5) is 4.79 Å². The molecule has 3 amide bonds. The van der Waals surface area contributed by atoms with Crippen molar-refractivity contribution in [3.05, 3.63) is 35.9 Å².